The second-order valence-electron chi connectivity index (χ2n) is 10.0. The van der Waals surface area contributed by atoms with Crippen LogP contribution in [0.2, 0.25) is 5.02 Å². The van der Waals surface area contributed by atoms with E-state index in [0.717, 1.165) is 48.6 Å². The molecule has 2 aliphatic rings. The second-order valence-corrected chi connectivity index (χ2v) is 10.5. The number of nitrogens with one attached hydrogen (secondary N) is 2. The highest BCUT2D eigenvalue weighted by Gasteiger charge is 2.36. The maximum absolute atomic E-state index is 13.4. The molecule has 38 heavy (non-hydrogen) atoms. The van der Waals surface area contributed by atoms with Gasteiger partial charge in [-0.1, -0.05) is 71.8 Å². The minimum atomic E-state index is -0.207. The van der Waals surface area contributed by atoms with E-state index < -0.39 is 0 Å². The molecule has 2 atom stereocenters. The van der Waals surface area contributed by atoms with Crippen LogP contribution in [0.15, 0.2) is 78.4 Å². The largest absolute Gasteiger partial charge is 0.454 e. The standard InChI is InChI=1S/C31H34ClN3O3/c1-22(14-23-6-3-2-4-7-23)18-34-27-17-28(35(20-27)19-25-8-5-9-26(32)15-25)31(36)33-13-12-24-10-11-29-30(16-24)38-21-37-29/h2-11,14-16,27-28,34H,12-13,17-21H2,1H3,(H,33,36)/b22-14+/t27-,28-/m0/s1. The Labute approximate surface area is 229 Å². The van der Waals surface area contributed by atoms with Crippen molar-refractivity contribution in [2.45, 2.75) is 38.4 Å². The van der Waals surface area contributed by atoms with E-state index in [-0.39, 0.29) is 24.8 Å². The quantitative estimate of drug-likeness (QED) is 0.383. The molecule has 0 bridgehead atoms. The molecule has 7 heteroatoms. The first-order chi connectivity index (χ1) is 18.5. The third kappa shape index (κ3) is 6.95. The lowest BCUT2D eigenvalue weighted by Crippen LogP contribution is -2.43. The zero-order valence-electron chi connectivity index (χ0n) is 21.7. The molecule has 5 rings (SSSR count). The zero-order valence-corrected chi connectivity index (χ0v) is 22.4. The van der Waals surface area contributed by atoms with Gasteiger partial charge in [-0.2, -0.15) is 0 Å². The molecular formula is C31H34ClN3O3. The van der Waals surface area contributed by atoms with Crippen molar-refractivity contribution < 1.29 is 14.3 Å². The Balaban J connectivity index is 1.19. The molecule has 1 saturated heterocycles. The van der Waals surface area contributed by atoms with E-state index in [1.165, 1.54) is 11.1 Å². The van der Waals surface area contributed by atoms with Crippen LogP contribution in [0.25, 0.3) is 6.08 Å². The molecule has 6 nitrogen and oxygen atoms in total. The Morgan fingerprint density at radius 2 is 1.87 bits per heavy atom. The highest BCUT2D eigenvalue weighted by atomic mass is 35.5. The number of halogens is 1. The minimum Gasteiger partial charge on any atom is -0.454 e. The predicted octanol–water partition coefficient (Wildman–Crippen LogP) is 5.06. The van der Waals surface area contributed by atoms with Crippen LogP contribution in [0.5, 0.6) is 11.5 Å². The van der Waals surface area contributed by atoms with Gasteiger partial charge in [0, 0.05) is 37.2 Å². The van der Waals surface area contributed by atoms with E-state index in [1.807, 2.05) is 54.6 Å². The van der Waals surface area contributed by atoms with Gasteiger partial charge in [-0.15, -0.1) is 0 Å². The van der Waals surface area contributed by atoms with E-state index in [1.54, 1.807) is 0 Å². The van der Waals surface area contributed by atoms with Crippen molar-refractivity contribution in [2.75, 3.05) is 26.4 Å². The average Bonchev–Trinajstić information content (AvgIpc) is 3.55. The molecule has 0 unspecified atom stereocenters. The molecule has 0 radical (unpaired) electrons. The monoisotopic (exact) mass is 531 g/mol. The number of carbonyl (C=O) groups excluding carboxylic acids is 1. The summed E-state index contributed by atoms with van der Waals surface area (Å²) in [4.78, 5) is 15.6. The summed E-state index contributed by atoms with van der Waals surface area (Å²) in [5.74, 6) is 1.60. The van der Waals surface area contributed by atoms with Crippen molar-refractivity contribution in [3.8, 4) is 11.5 Å². The first-order valence-corrected chi connectivity index (χ1v) is 13.5. The fraction of sp³-hybridized carbons (Fsp3) is 0.323. The third-order valence-corrected chi connectivity index (χ3v) is 7.25. The molecule has 3 aromatic rings. The number of ether oxygens (including phenoxy) is 2. The van der Waals surface area contributed by atoms with Gasteiger partial charge in [-0.25, -0.2) is 0 Å². The highest BCUT2D eigenvalue weighted by molar-refractivity contribution is 6.30. The number of carbonyl (C=O) groups is 1. The first-order valence-electron chi connectivity index (χ1n) is 13.1. The van der Waals surface area contributed by atoms with Gasteiger partial charge < -0.3 is 20.1 Å². The lowest BCUT2D eigenvalue weighted by Gasteiger charge is -2.23. The molecule has 3 aromatic carbocycles. The topological polar surface area (TPSA) is 62.8 Å². The molecule has 0 aliphatic carbocycles. The molecular weight excluding hydrogens is 498 g/mol. The Hall–Kier alpha value is -3.32. The van der Waals surface area contributed by atoms with Crippen LogP contribution in [0, 0.1) is 0 Å². The molecule has 0 spiro atoms. The summed E-state index contributed by atoms with van der Waals surface area (Å²) in [7, 11) is 0. The molecule has 2 N–H and O–H groups in total. The van der Waals surface area contributed by atoms with Crippen molar-refractivity contribution >= 4 is 23.6 Å². The van der Waals surface area contributed by atoms with Gasteiger partial charge in [0.15, 0.2) is 11.5 Å². The fourth-order valence-electron chi connectivity index (χ4n) is 5.10. The molecule has 2 heterocycles. The number of nitrogens with zero attached hydrogens (tertiary/aromatic N) is 1. The van der Waals surface area contributed by atoms with Crippen LogP contribution in [0.3, 0.4) is 0 Å². The van der Waals surface area contributed by atoms with Crippen LogP contribution in [0.1, 0.15) is 30.0 Å². The Kier molecular flexibility index (Phi) is 8.64. The Morgan fingerprint density at radius 3 is 2.71 bits per heavy atom. The summed E-state index contributed by atoms with van der Waals surface area (Å²) in [5.41, 5.74) is 4.67. The van der Waals surface area contributed by atoms with Crippen LogP contribution >= 0.6 is 11.6 Å². The van der Waals surface area contributed by atoms with Crippen molar-refractivity contribution in [3.63, 3.8) is 0 Å². The summed E-state index contributed by atoms with van der Waals surface area (Å²) in [5, 5.41) is 7.56. The van der Waals surface area contributed by atoms with Crippen LogP contribution in [0.4, 0.5) is 0 Å². The highest BCUT2D eigenvalue weighted by Crippen LogP contribution is 2.32. The van der Waals surface area contributed by atoms with E-state index in [2.05, 4.69) is 46.7 Å². The number of likely N-dealkylation sites (tertiary alicyclic amines) is 1. The van der Waals surface area contributed by atoms with Gasteiger partial charge in [0.1, 0.15) is 0 Å². The molecule has 2 aliphatic heterocycles. The van der Waals surface area contributed by atoms with Gasteiger partial charge in [0.05, 0.1) is 6.04 Å². The van der Waals surface area contributed by atoms with Crippen LogP contribution in [-0.2, 0) is 17.8 Å². The van der Waals surface area contributed by atoms with E-state index >= 15 is 0 Å². The molecule has 0 saturated carbocycles. The maximum atomic E-state index is 13.4. The summed E-state index contributed by atoms with van der Waals surface area (Å²) >= 11 is 6.24. The van der Waals surface area contributed by atoms with Gasteiger partial charge in [-0.05, 0) is 60.7 Å². The lowest BCUT2D eigenvalue weighted by molar-refractivity contribution is -0.125. The number of fused-ring (bicyclic) bond motifs is 1. The predicted molar refractivity (Wildman–Crippen MR) is 151 cm³/mol. The number of hydrogen-bond acceptors (Lipinski definition) is 5. The maximum Gasteiger partial charge on any atom is 0.237 e. The average molecular weight is 532 g/mol. The minimum absolute atomic E-state index is 0.0635. The smallest absolute Gasteiger partial charge is 0.237 e. The van der Waals surface area contributed by atoms with Gasteiger partial charge in [-0.3, -0.25) is 9.69 Å². The van der Waals surface area contributed by atoms with Gasteiger partial charge in [0.2, 0.25) is 12.7 Å². The second kappa shape index (κ2) is 12.5. The van der Waals surface area contributed by atoms with Crippen molar-refractivity contribution in [2.24, 2.45) is 0 Å². The van der Waals surface area contributed by atoms with Crippen LogP contribution in [-0.4, -0.2) is 49.3 Å². The van der Waals surface area contributed by atoms with E-state index in [9.17, 15) is 4.79 Å². The van der Waals surface area contributed by atoms with Gasteiger partial charge in [0.25, 0.3) is 0 Å². The van der Waals surface area contributed by atoms with Gasteiger partial charge >= 0.3 is 0 Å². The first kappa shape index (κ1) is 26.3. The Bertz CT molecular complexity index is 1280. The van der Waals surface area contributed by atoms with Crippen LogP contribution < -0.4 is 20.1 Å². The Morgan fingerprint density at radius 1 is 1.03 bits per heavy atom. The summed E-state index contributed by atoms with van der Waals surface area (Å²) in [6.07, 6.45) is 3.69. The van der Waals surface area contributed by atoms with Crippen molar-refractivity contribution in [1.29, 1.82) is 0 Å². The SMILES string of the molecule is C/C(=C\c1ccccc1)CN[C@H]1C[C@@H](C(=O)NCCc2ccc3c(c2)OCO3)N(Cc2cccc(Cl)c2)C1. The molecule has 1 fully saturated rings. The summed E-state index contributed by atoms with van der Waals surface area (Å²) in [6.45, 7) is 5.22. The third-order valence-electron chi connectivity index (χ3n) is 7.01. The lowest BCUT2D eigenvalue weighted by atomic mass is 10.1. The number of rotatable bonds is 10. The fourth-order valence-corrected chi connectivity index (χ4v) is 5.32. The van der Waals surface area contributed by atoms with Crippen molar-refractivity contribution in [3.05, 3.63) is 100 Å². The number of amides is 1. The van der Waals surface area contributed by atoms with E-state index in [0.29, 0.717) is 18.1 Å². The normalized spacial score (nSPS) is 19.1. The zero-order chi connectivity index (χ0) is 26.3. The summed E-state index contributed by atoms with van der Waals surface area (Å²) < 4.78 is 10.9. The van der Waals surface area contributed by atoms with E-state index in [4.69, 9.17) is 21.1 Å². The summed E-state index contributed by atoms with van der Waals surface area (Å²) in [6, 6.07) is 24.2. The molecule has 198 valence electrons. The number of hydrogen-bond donors (Lipinski definition) is 2. The molecule has 1 amide bonds. The molecule has 0 aromatic heterocycles. The number of benzene rings is 3. The van der Waals surface area contributed by atoms with Crippen molar-refractivity contribution in [1.82, 2.24) is 15.5 Å².